The van der Waals surface area contributed by atoms with E-state index in [1.54, 1.807) is 0 Å². The van der Waals surface area contributed by atoms with Crippen LogP contribution in [0.3, 0.4) is 0 Å². The van der Waals surface area contributed by atoms with E-state index >= 15 is 0 Å². The minimum atomic E-state index is -0.562. The zero-order valence-corrected chi connectivity index (χ0v) is 17.8. The Hall–Kier alpha value is -1.60. The van der Waals surface area contributed by atoms with Gasteiger partial charge in [-0.15, -0.1) is 0 Å². The van der Waals surface area contributed by atoms with Crippen molar-refractivity contribution in [2.45, 2.75) is 39.3 Å². The normalized spacial score (nSPS) is 12.0. The van der Waals surface area contributed by atoms with Gasteiger partial charge in [-0.05, 0) is 37.6 Å². The van der Waals surface area contributed by atoms with Gasteiger partial charge < -0.3 is 33.8 Å². The highest BCUT2D eigenvalue weighted by molar-refractivity contribution is 5.72. The minimum absolute atomic E-state index is 0. The maximum atomic E-state index is 10.5. The quantitative estimate of drug-likeness (QED) is 0.399. The van der Waals surface area contributed by atoms with Crippen LogP contribution in [-0.2, 0) is 20.0 Å². The Kier molecular flexibility index (Phi) is 7.46. The van der Waals surface area contributed by atoms with Gasteiger partial charge in [-0.1, -0.05) is 36.8 Å². The number of aliphatic hydroxyl groups is 1. The van der Waals surface area contributed by atoms with Crippen molar-refractivity contribution in [1.29, 1.82) is 0 Å². The van der Waals surface area contributed by atoms with Crippen LogP contribution in [0.15, 0.2) is 48.5 Å². The molecule has 0 saturated carbocycles. The number of aromatic nitrogens is 2. The first kappa shape index (κ1) is 20.7. The predicted octanol–water partition coefficient (Wildman–Crippen LogP) is 0.171. The fourth-order valence-corrected chi connectivity index (χ4v) is 3.26. The number of para-hydroxylation sites is 2. The number of nitrogens with zero attached hydrogens (tertiary/aromatic N) is 2. The van der Waals surface area contributed by atoms with E-state index in [0.29, 0.717) is 6.54 Å². The van der Waals surface area contributed by atoms with E-state index in [2.05, 4.69) is 41.3 Å². The van der Waals surface area contributed by atoms with Gasteiger partial charge in [0.05, 0.1) is 7.05 Å². The molecule has 0 bridgehead atoms. The molecule has 2 aromatic carbocycles. The van der Waals surface area contributed by atoms with Crippen LogP contribution in [-0.4, -0.2) is 22.4 Å². The fourth-order valence-electron chi connectivity index (χ4n) is 3.26. The molecule has 1 N–H and O–H groups in total. The molecule has 3 rings (SSSR count). The van der Waals surface area contributed by atoms with Crippen LogP contribution in [0, 0.1) is 6.92 Å². The molecule has 0 spiro atoms. The molecule has 4 nitrogen and oxygen atoms in total. The van der Waals surface area contributed by atoms with Gasteiger partial charge in [-0.2, -0.15) is 0 Å². The summed E-state index contributed by atoms with van der Waals surface area (Å²) in [6.07, 6.45) is 1.49. The van der Waals surface area contributed by atoms with E-state index in [4.69, 9.17) is 4.74 Å². The lowest BCUT2D eigenvalue weighted by Crippen LogP contribution is -3.00. The number of aliphatic hydroxyl groups excluding tert-OH is 1. The SMILES string of the molecule is CCCc1n(CC(O)COc2ccc(C)cc2)c2ccccc2[n+]1C.[I-]. The second-order valence-corrected chi connectivity index (χ2v) is 6.60. The highest BCUT2D eigenvalue weighted by Crippen LogP contribution is 2.17. The number of ether oxygens (including phenoxy) is 1. The molecule has 26 heavy (non-hydrogen) atoms. The molecule has 1 unspecified atom stereocenters. The Morgan fingerprint density at radius 3 is 2.50 bits per heavy atom. The summed E-state index contributed by atoms with van der Waals surface area (Å²) in [7, 11) is 2.10. The number of imidazole rings is 1. The molecule has 0 amide bonds. The van der Waals surface area contributed by atoms with Gasteiger partial charge in [0.1, 0.15) is 25.0 Å². The molecule has 0 aliphatic heterocycles. The smallest absolute Gasteiger partial charge is 0.257 e. The molecule has 5 heteroatoms. The zero-order valence-electron chi connectivity index (χ0n) is 15.7. The molecular weight excluding hydrogens is 439 g/mol. The van der Waals surface area contributed by atoms with Gasteiger partial charge in [0.25, 0.3) is 5.82 Å². The Bertz CT molecular complexity index is 843. The summed E-state index contributed by atoms with van der Waals surface area (Å²) >= 11 is 0. The van der Waals surface area contributed by atoms with E-state index < -0.39 is 6.10 Å². The average Bonchev–Trinajstić information content (AvgIpc) is 2.88. The summed E-state index contributed by atoms with van der Waals surface area (Å²) in [6, 6.07) is 16.2. The van der Waals surface area contributed by atoms with Crippen molar-refractivity contribution in [3.63, 3.8) is 0 Å². The molecule has 0 aliphatic rings. The molecule has 0 fully saturated rings. The zero-order chi connectivity index (χ0) is 17.8. The first-order valence-electron chi connectivity index (χ1n) is 8.93. The van der Waals surface area contributed by atoms with E-state index in [9.17, 15) is 5.11 Å². The second-order valence-electron chi connectivity index (χ2n) is 6.60. The molecule has 0 radical (unpaired) electrons. The minimum Gasteiger partial charge on any atom is -1.00 e. The second kappa shape index (κ2) is 9.37. The third-order valence-electron chi connectivity index (χ3n) is 4.56. The van der Waals surface area contributed by atoms with Crippen LogP contribution >= 0.6 is 0 Å². The van der Waals surface area contributed by atoms with Crippen molar-refractivity contribution in [2.24, 2.45) is 7.05 Å². The summed E-state index contributed by atoms with van der Waals surface area (Å²) in [5, 5.41) is 10.5. The monoisotopic (exact) mass is 466 g/mol. The highest BCUT2D eigenvalue weighted by Gasteiger charge is 2.23. The number of hydrogen-bond donors (Lipinski definition) is 1. The van der Waals surface area contributed by atoms with Crippen LogP contribution in [0.5, 0.6) is 5.75 Å². The van der Waals surface area contributed by atoms with Crippen molar-refractivity contribution in [3.05, 3.63) is 59.9 Å². The summed E-state index contributed by atoms with van der Waals surface area (Å²) in [4.78, 5) is 0. The number of fused-ring (bicyclic) bond motifs is 1. The molecule has 0 aliphatic carbocycles. The maximum Gasteiger partial charge on any atom is 0.257 e. The van der Waals surface area contributed by atoms with Crippen molar-refractivity contribution < 1.29 is 38.4 Å². The molecule has 3 aromatic rings. The summed E-state index contributed by atoms with van der Waals surface area (Å²) in [5.41, 5.74) is 3.55. The van der Waals surface area contributed by atoms with Crippen LogP contribution in [0.2, 0.25) is 0 Å². The number of aryl methyl sites for hydroxylation is 2. The fraction of sp³-hybridized carbons (Fsp3) is 0.381. The molecule has 0 saturated heterocycles. The van der Waals surface area contributed by atoms with Crippen molar-refractivity contribution in [3.8, 4) is 5.75 Å². The van der Waals surface area contributed by atoms with Crippen LogP contribution in [0.25, 0.3) is 11.0 Å². The topological polar surface area (TPSA) is 38.3 Å². The lowest BCUT2D eigenvalue weighted by atomic mass is 10.2. The lowest BCUT2D eigenvalue weighted by molar-refractivity contribution is -0.654. The van der Waals surface area contributed by atoms with Gasteiger partial charge in [0.2, 0.25) is 0 Å². The molecular formula is C21H27IN2O2. The number of benzene rings is 2. The van der Waals surface area contributed by atoms with Crippen molar-refractivity contribution in [2.75, 3.05) is 6.61 Å². The van der Waals surface area contributed by atoms with Gasteiger partial charge >= 0.3 is 0 Å². The average molecular weight is 466 g/mol. The maximum absolute atomic E-state index is 10.5. The Balaban J connectivity index is 0.00000243. The lowest BCUT2D eigenvalue weighted by Gasteiger charge is -2.12. The Morgan fingerprint density at radius 1 is 1.12 bits per heavy atom. The summed E-state index contributed by atoms with van der Waals surface area (Å²) < 4.78 is 10.2. The molecule has 1 atom stereocenters. The molecule has 1 heterocycles. The number of rotatable bonds is 7. The standard InChI is InChI=1S/C21H27N2O2.HI/c1-4-7-21-22(3)19-8-5-6-9-20(19)23(21)14-17(24)15-25-18-12-10-16(2)11-13-18;/h5-6,8-13,17,24H,4,7,14-15H2,1-3H3;1H/q+1;/p-1. The van der Waals surface area contributed by atoms with E-state index in [-0.39, 0.29) is 30.6 Å². The van der Waals surface area contributed by atoms with Crippen LogP contribution in [0.1, 0.15) is 24.7 Å². The first-order valence-corrected chi connectivity index (χ1v) is 8.93. The van der Waals surface area contributed by atoms with Gasteiger partial charge in [0, 0.05) is 6.42 Å². The molecule has 140 valence electrons. The van der Waals surface area contributed by atoms with Gasteiger partial charge in [-0.3, -0.25) is 0 Å². The van der Waals surface area contributed by atoms with E-state index in [0.717, 1.165) is 24.1 Å². The predicted molar refractivity (Wildman–Crippen MR) is 99.8 cm³/mol. The third kappa shape index (κ3) is 4.57. The van der Waals surface area contributed by atoms with Crippen LogP contribution in [0.4, 0.5) is 0 Å². The highest BCUT2D eigenvalue weighted by atomic mass is 127. The van der Waals surface area contributed by atoms with Crippen LogP contribution < -0.4 is 33.3 Å². The Labute approximate surface area is 172 Å². The van der Waals surface area contributed by atoms with Crippen molar-refractivity contribution in [1.82, 2.24) is 4.57 Å². The van der Waals surface area contributed by atoms with Gasteiger partial charge in [-0.25, -0.2) is 9.13 Å². The molecule has 1 aromatic heterocycles. The largest absolute Gasteiger partial charge is 1.00 e. The first-order chi connectivity index (χ1) is 12.1. The van der Waals surface area contributed by atoms with E-state index in [1.807, 2.05) is 37.3 Å². The van der Waals surface area contributed by atoms with Crippen molar-refractivity contribution >= 4 is 11.0 Å². The number of halogens is 1. The van der Waals surface area contributed by atoms with E-state index in [1.165, 1.54) is 16.9 Å². The summed E-state index contributed by atoms with van der Waals surface area (Å²) in [6.45, 7) is 5.04. The number of hydrogen-bond acceptors (Lipinski definition) is 2. The summed E-state index contributed by atoms with van der Waals surface area (Å²) in [5.74, 6) is 2.03. The Morgan fingerprint density at radius 2 is 1.81 bits per heavy atom. The van der Waals surface area contributed by atoms with Gasteiger partial charge in [0.15, 0.2) is 11.0 Å². The third-order valence-corrected chi connectivity index (χ3v) is 4.56.